The summed E-state index contributed by atoms with van der Waals surface area (Å²) in [5.41, 5.74) is 0. The van der Waals surface area contributed by atoms with E-state index >= 15 is 0 Å². The summed E-state index contributed by atoms with van der Waals surface area (Å²) in [6, 6.07) is 0. The van der Waals surface area contributed by atoms with E-state index < -0.39 is 6.10 Å². The van der Waals surface area contributed by atoms with Crippen molar-refractivity contribution in [1.82, 2.24) is 0 Å². The zero-order chi connectivity index (χ0) is 43.7. The molecule has 60 heavy (non-hydrogen) atoms. The number of ether oxygens (including phenoxy) is 3. The van der Waals surface area contributed by atoms with Crippen molar-refractivity contribution in [1.29, 1.82) is 0 Å². The third-order valence-electron chi connectivity index (χ3n) is 9.19. The normalized spacial score (nSPS) is 13.2. The van der Waals surface area contributed by atoms with E-state index in [1.165, 1.54) is 32.1 Å². The summed E-state index contributed by atoms with van der Waals surface area (Å²) in [6.07, 6.45) is 64.9. The van der Waals surface area contributed by atoms with Crippen molar-refractivity contribution in [2.24, 2.45) is 0 Å². The molecule has 0 aromatic heterocycles. The predicted octanol–water partition coefficient (Wildman–Crippen LogP) is 15.4. The highest BCUT2D eigenvalue weighted by molar-refractivity contribution is 5.71. The summed E-state index contributed by atoms with van der Waals surface area (Å²) < 4.78 is 16.6. The Morgan fingerprint density at radius 3 is 1.18 bits per heavy atom. The monoisotopic (exact) mass is 829 g/mol. The van der Waals surface area contributed by atoms with Gasteiger partial charge in [0.05, 0.1) is 0 Å². The Balaban J connectivity index is 4.57. The number of rotatable bonds is 40. The summed E-state index contributed by atoms with van der Waals surface area (Å²) in [5.74, 6) is -1.09. The Labute approximate surface area is 367 Å². The smallest absolute Gasteiger partial charge is 0.306 e. The van der Waals surface area contributed by atoms with Gasteiger partial charge in [0.2, 0.25) is 0 Å². The summed E-state index contributed by atoms with van der Waals surface area (Å²) in [7, 11) is 0. The lowest BCUT2D eigenvalue weighted by molar-refractivity contribution is -0.166. The molecule has 0 fully saturated rings. The number of carbonyl (C=O) groups excluding carboxylic acids is 3. The molecule has 336 valence electrons. The number of carbonyl (C=O) groups is 3. The number of hydrogen-bond acceptors (Lipinski definition) is 6. The fraction of sp³-hybridized carbons (Fsp3) is 0.574. The lowest BCUT2D eigenvalue weighted by Crippen LogP contribution is -2.30. The van der Waals surface area contributed by atoms with Gasteiger partial charge in [-0.3, -0.25) is 14.4 Å². The van der Waals surface area contributed by atoms with Crippen LogP contribution >= 0.6 is 0 Å². The summed E-state index contributed by atoms with van der Waals surface area (Å²) >= 11 is 0. The highest BCUT2D eigenvalue weighted by Crippen LogP contribution is 2.11. The van der Waals surface area contributed by atoms with Crippen LogP contribution in [-0.2, 0) is 28.6 Å². The minimum absolute atomic E-state index is 0.135. The SMILES string of the molecule is CC/C=C\C/C=C\C/C=C\C/C=C\C/C=C\C/C=C\CCC(=O)OCC(COC(=O)CCC/C=C\C/C=C\C/C=C\CC)OC(=O)CCCCCCC/C=C\CCCCC. The Morgan fingerprint density at radius 1 is 0.350 bits per heavy atom. The number of hydrogen-bond donors (Lipinski definition) is 0. The molecule has 0 aliphatic carbocycles. The first-order valence-electron chi connectivity index (χ1n) is 23.5. The van der Waals surface area contributed by atoms with Gasteiger partial charge >= 0.3 is 17.9 Å². The molecule has 0 aliphatic rings. The maximum atomic E-state index is 12.7. The number of allylic oxidation sites excluding steroid dienone is 20. The van der Waals surface area contributed by atoms with Gasteiger partial charge in [0.1, 0.15) is 13.2 Å². The molecule has 0 N–H and O–H groups in total. The molecular formula is C54H84O6. The molecule has 0 saturated heterocycles. The fourth-order valence-corrected chi connectivity index (χ4v) is 5.72. The van der Waals surface area contributed by atoms with E-state index in [0.717, 1.165) is 96.3 Å². The maximum absolute atomic E-state index is 12.7. The molecule has 0 rings (SSSR count). The molecule has 0 aromatic carbocycles. The second-order valence-electron chi connectivity index (χ2n) is 14.9. The molecule has 1 atom stereocenters. The van der Waals surface area contributed by atoms with Gasteiger partial charge in [-0.25, -0.2) is 0 Å². The molecule has 6 heteroatoms. The quantitative estimate of drug-likeness (QED) is 0.0265. The van der Waals surface area contributed by atoms with Gasteiger partial charge in [-0.15, -0.1) is 0 Å². The largest absolute Gasteiger partial charge is 0.462 e. The second kappa shape index (κ2) is 47.5. The van der Waals surface area contributed by atoms with Gasteiger partial charge in [0.25, 0.3) is 0 Å². The average Bonchev–Trinajstić information content (AvgIpc) is 3.24. The van der Waals surface area contributed by atoms with E-state index in [0.29, 0.717) is 12.8 Å². The lowest BCUT2D eigenvalue weighted by Gasteiger charge is -2.18. The lowest BCUT2D eigenvalue weighted by atomic mass is 10.1. The molecule has 0 radical (unpaired) electrons. The molecular weight excluding hydrogens is 745 g/mol. The molecule has 0 amide bonds. The topological polar surface area (TPSA) is 78.9 Å². The second-order valence-corrected chi connectivity index (χ2v) is 14.9. The van der Waals surface area contributed by atoms with Gasteiger partial charge < -0.3 is 14.2 Å². The van der Waals surface area contributed by atoms with Crippen LogP contribution < -0.4 is 0 Å². The van der Waals surface area contributed by atoms with Crippen LogP contribution in [0.5, 0.6) is 0 Å². The van der Waals surface area contributed by atoms with Crippen molar-refractivity contribution in [2.75, 3.05) is 13.2 Å². The zero-order valence-electron chi connectivity index (χ0n) is 38.2. The van der Waals surface area contributed by atoms with E-state index in [-0.39, 0.29) is 50.4 Å². The van der Waals surface area contributed by atoms with E-state index in [9.17, 15) is 14.4 Å². The minimum atomic E-state index is -0.834. The molecule has 6 nitrogen and oxygen atoms in total. The number of unbranched alkanes of at least 4 members (excludes halogenated alkanes) is 9. The first-order chi connectivity index (χ1) is 29.5. The van der Waals surface area contributed by atoms with E-state index in [1.807, 2.05) is 12.2 Å². The third kappa shape index (κ3) is 44.9. The maximum Gasteiger partial charge on any atom is 0.306 e. The molecule has 0 aromatic rings. The Bertz CT molecular complexity index is 1320. The van der Waals surface area contributed by atoms with Crippen molar-refractivity contribution in [3.05, 3.63) is 122 Å². The highest BCUT2D eigenvalue weighted by Gasteiger charge is 2.19. The average molecular weight is 829 g/mol. The van der Waals surface area contributed by atoms with Crippen molar-refractivity contribution in [2.45, 2.75) is 187 Å². The molecule has 0 saturated carbocycles. The zero-order valence-corrected chi connectivity index (χ0v) is 38.2. The molecule has 0 bridgehead atoms. The minimum Gasteiger partial charge on any atom is -0.462 e. The van der Waals surface area contributed by atoms with Crippen molar-refractivity contribution in [3.63, 3.8) is 0 Å². The van der Waals surface area contributed by atoms with Crippen LogP contribution in [-0.4, -0.2) is 37.2 Å². The van der Waals surface area contributed by atoms with Crippen LogP contribution in [0.25, 0.3) is 0 Å². The molecule has 0 spiro atoms. The Hall–Kier alpha value is -4.19. The van der Waals surface area contributed by atoms with Gasteiger partial charge in [-0.1, -0.05) is 174 Å². The van der Waals surface area contributed by atoms with Gasteiger partial charge in [-0.2, -0.15) is 0 Å². The standard InChI is InChI=1S/C54H84O6/c1-4-7-10-13-16-19-22-24-25-26-27-28-29-30-33-35-38-41-44-47-53(56)59-50-51(49-58-52(55)46-43-40-37-34-31-21-18-15-12-9-6-3)60-54(57)48-45-42-39-36-32-23-20-17-14-11-8-5-2/h7,9-10,12,16-21,24-25,27-28,30,33-34,37-38,41,51H,4-6,8,11,13-15,22-23,26,29,31-32,35-36,39-40,42-50H2,1-3H3/b10-7-,12-9-,19-16-,20-17-,21-18-,25-24-,28-27-,33-30-,37-34-,41-38-. The first kappa shape index (κ1) is 55.8. The van der Waals surface area contributed by atoms with Crippen LogP contribution in [0, 0.1) is 0 Å². The van der Waals surface area contributed by atoms with Gasteiger partial charge in [0.15, 0.2) is 6.10 Å². The van der Waals surface area contributed by atoms with E-state index in [1.54, 1.807) is 0 Å². The molecule has 0 aliphatic heterocycles. The van der Waals surface area contributed by atoms with Crippen LogP contribution in [0.3, 0.4) is 0 Å². The van der Waals surface area contributed by atoms with Crippen molar-refractivity contribution < 1.29 is 28.6 Å². The van der Waals surface area contributed by atoms with E-state index in [2.05, 4.69) is 130 Å². The van der Waals surface area contributed by atoms with Crippen LogP contribution in [0.2, 0.25) is 0 Å². The van der Waals surface area contributed by atoms with Crippen molar-refractivity contribution >= 4 is 17.9 Å². The summed E-state index contributed by atoms with van der Waals surface area (Å²) in [6.45, 7) is 6.22. The van der Waals surface area contributed by atoms with Crippen LogP contribution in [0.15, 0.2) is 122 Å². The first-order valence-corrected chi connectivity index (χ1v) is 23.5. The fourth-order valence-electron chi connectivity index (χ4n) is 5.72. The Kier molecular flexibility index (Phi) is 44.2. The van der Waals surface area contributed by atoms with Crippen LogP contribution in [0.1, 0.15) is 181 Å². The molecule has 1 unspecified atom stereocenters. The Morgan fingerprint density at radius 2 is 0.700 bits per heavy atom. The van der Waals surface area contributed by atoms with Gasteiger partial charge in [0, 0.05) is 19.3 Å². The summed E-state index contributed by atoms with van der Waals surface area (Å²) in [4.78, 5) is 37.7. The summed E-state index contributed by atoms with van der Waals surface area (Å²) in [5, 5.41) is 0. The number of esters is 3. The van der Waals surface area contributed by atoms with E-state index in [4.69, 9.17) is 14.2 Å². The van der Waals surface area contributed by atoms with Gasteiger partial charge in [-0.05, 0) is 109 Å². The van der Waals surface area contributed by atoms with Crippen molar-refractivity contribution in [3.8, 4) is 0 Å². The highest BCUT2D eigenvalue weighted by atomic mass is 16.6. The molecule has 0 heterocycles. The predicted molar refractivity (Wildman–Crippen MR) is 256 cm³/mol. The van der Waals surface area contributed by atoms with Crippen LogP contribution in [0.4, 0.5) is 0 Å². The third-order valence-corrected chi connectivity index (χ3v) is 9.19.